The smallest absolute Gasteiger partial charge is 0.417 e. The van der Waals surface area contributed by atoms with Gasteiger partial charge < -0.3 is 9.47 Å². The molecule has 0 aromatic heterocycles. The average Bonchev–Trinajstić information content (AvgIpc) is 2.89. The van der Waals surface area contributed by atoms with Gasteiger partial charge in [-0.1, -0.05) is 36.4 Å². The molecule has 132 valence electrons. The van der Waals surface area contributed by atoms with Gasteiger partial charge in [-0.2, -0.15) is 0 Å². The number of rotatable bonds is 4. The van der Waals surface area contributed by atoms with E-state index in [0.29, 0.717) is 0 Å². The van der Waals surface area contributed by atoms with E-state index in [-0.39, 0.29) is 0 Å². The van der Waals surface area contributed by atoms with Crippen molar-refractivity contribution < 1.29 is 23.9 Å². The maximum absolute atomic E-state index is 13.0. The molecule has 4 unspecified atom stereocenters. The molecule has 4 atom stereocenters. The van der Waals surface area contributed by atoms with Crippen molar-refractivity contribution in [3.05, 3.63) is 46.9 Å². The lowest BCUT2D eigenvalue weighted by Crippen LogP contribution is -2.48. The van der Waals surface area contributed by atoms with Gasteiger partial charge in [-0.25, -0.2) is 9.69 Å². The number of carbonyl (C=O) groups excluding carboxylic acids is 3. The van der Waals surface area contributed by atoms with Gasteiger partial charge >= 0.3 is 12.1 Å². The molecule has 6 nitrogen and oxygen atoms in total. The number of carbonyl (C=O) groups is 3. The van der Waals surface area contributed by atoms with E-state index >= 15 is 0 Å². The highest BCUT2D eigenvalue weighted by atomic mass is 32.2. The Morgan fingerprint density at radius 1 is 1.24 bits per heavy atom. The molecule has 1 aliphatic heterocycles. The van der Waals surface area contributed by atoms with Crippen LogP contribution in [0.15, 0.2) is 41.3 Å². The van der Waals surface area contributed by atoms with E-state index in [0.717, 1.165) is 15.4 Å². The Balaban J connectivity index is 1.83. The maximum atomic E-state index is 13.0. The number of ether oxygens (including phenoxy) is 2. The third-order valence-electron chi connectivity index (χ3n) is 4.62. The number of methoxy groups -OCH3 is 1. The average molecular weight is 361 g/mol. The molecule has 1 saturated heterocycles. The fourth-order valence-corrected chi connectivity index (χ4v) is 4.03. The van der Waals surface area contributed by atoms with Crippen LogP contribution in [0, 0.1) is 11.8 Å². The minimum Gasteiger partial charge on any atom is -0.469 e. The third-order valence-corrected chi connectivity index (χ3v) is 5.48. The van der Waals surface area contributed by atoms with Crippen LogP contribution in [-0.4, -0.2) is 42.3 Å². The fourth-order valence-electron chi connectivity index (χ4n) is 3.24. The zero-order valence-electron chi connectivity index (χ0n) is 14.2. The van der Waals surface area contributed by atoms with Gasteiger partial charge in [0.1, 0.15) is 6.10 Å². The van der Waals surface area contributed by atoms with E-state index < -0.39 is 42.0 Å². The Hall–Kier alpha value is -2.28. The molecule has 25 heavy (non-hydrogen) atoms. The molecular weight excluding hydrogens is 342 g/mol. The lowest BCUT2D eigenvalue weighted by molar-refractivity contribution is -0.150. The summed E-state index contributed by atoms with van der Waals surface area (Å²) in [6, 6.07) is 8.84. The summed E-state index contributed by atoms with van der Waals surface area (Å²) in [6.07, 6.45) is 2.34. The number of hydrogen-bond donors (Lipinski definition) is 0. The minimum atomic E-state index is -0.688. The summed E-state index contributed by atoms with van der Waals surface area (Å²) in [7, 11) is 1.28. The largest absolute Gasteiger partial charge is 0.469 e. The normalized spacial score (nSPS) is 28.0. The molecule has 2 amide bonds. The Bertz CT molecular complexity index is 732. The molecule has 2 aliphatic rings. The molecule has 3 rings (SSSR count). The first kappa shape index (κ1) is 17.5. The van der Waals surface area contributed by atoms with Gasteiger partial charge in [0.25, 0.3) is 0 Å². The number of esters is 1. The van der Waals surface area contributed by atoms with Crippen molar-refractivity contribution in [2.45, 2.75) is 19.1 Å². The standard InChI is InChI=1S/C18H19NO5S/c1-10-15(11-7-5-4-6-8-11)24-18(22)19(10)16(20)14-12(17(21)23-2)9-13(14)25-3/h4-10,12,14-15H,1-3H3. The predicted molar refractivity (Wildman–Crippen MR) is 92.6 cm³/mol. The summed E-state index contributed by atoms with van der Waals surface area (Å²) in [4.78, 5) is 39.1. The van der Waals surface area contributed by atoms with E-state index in [1.165, 1.54) is 18.9 Å². The Morgan fingerprint density at radius 2 is 1.92 bits per heavy atom. The van der Waals surface area contributed by atoms with Crippen molar-refractivity contribution in [2.24, 2.45) is 11.8 Å². The van der Waals surface area contributed by atoms with Gasteiger partial charge in [0, 0.05) is 0 Å². The summed E-state index contributed by atoms with van der Waals surface area (Å²) in [5.74, 6) is -2.24. The Kier molecular flexibility index (Phi) is 4.85. The number of benzene rings is 1. The van der Waals surface area contributed by atoms with Crippen molar-refractivity contribution in [3.8, 4) is 0 Å². The summed E-state index contributed by atoms with van der Waals surface area (Å²) in [5.41, 5.74) is 0.831. The lowest BCUT2D eigenvalue weighted by Gasteiger charge is -2.34. The molecule has 0 radical (unpaired) electrons. The molecule has 7 heteroatoms. The van der Waals surface area contributed by atoms with E-state index in [2.05, 4.69) is 0 Å². The molecule has 0 spiro atoms. The van der Waals surface area contributed by atoms with Crippen molar-refractivity contribution in [1.29, 1.82) is 0 Å². The number of hydrogen-bond acceptors (Lipinski definition) is 6. The molecule has 0 saturated carbocycles. The van der Waals surface area contributed by atoms with E-state index in [4.69, 9.17) is 9.47 Å². The highest BCUT2D eigenvalue weighted by Crippen LogP contribution is 2.44. The molecule has 1 aromatic carbocycles. The van der Waals surface area contributed by atoms with Crippen molar-refractivity contribution in [1.82, 2.24) is 4.90 Å². The van der Waals surface area contributed by atoms with Crippen LogP contribution in [0.3, 0.4) is 0 Å². The van der Waals surface area contributed by atoms with Crippen molar-refractivity contribution >= 4 is 29.7 Å². The second-order valence-electron chi connectivity index (χ2n) is 5.96. The van der Waals surface area contributed by atoms with E-state index in [1.807, 2.05) is 36.6 Å². The predicted octanol–water partition coefficient (Wildman–Crippen LogP) is 2.76. The lowest BCUT2D eigenvalue weighted by atomic mass is 9.80. The highest BCUT2D eigenvalue weighted by Gasteiger charge is 2.51. The minimum absolute atomic E-state index is 0.418. The first-order valence-electron chi connectivity index (χ1n) is 7.91. The second-order valence-corrected chi connectivity index (χ2v) is 6.84. The molecule has 0 bridgehead atoms. The summed E-state index contributed by atoms with van der Waals surface area (Å²) < 4.78 is 10.2. The van der Waals surface area contributed by atoms with Gasteiger partial charge in [-0.05, 0) is 23.6 Å². The van der Waals surface area contributed by atoms with Crippen LogP contribution in [0.5, 0.6) is 0 Å². The van der Waals surface area contributed by atoms with E-state index in [9.17, 15) is 14.4 Å². The number of nitrogens with zero attached hydrogens (tertiary/aromatic N) is 1. The van der Waals surface area contributed by atoms with Gasteiger partial charge in [0.2, 0.25) is 5.91 Å². The first-order valence-corrected chi connectivity index (χ1v) is 9.14. The second kappa shape index (κ2) is 6.92. The van der Waals surface area contributed by atoms with Crippen LogP contribution in [-0.2, 0) is 19.1 Å². The van der Waals surface area contributed by atoms with Gasteiger partial charge in [-0.3, -0.25) is 9.59 Å². The van der Waals surface area contributed by atoms with Crippen LogP contribution >= 0.6 is 11.8 Å². The highest BCUT2D eigenvalue weighted by molar-refractivity contribution is 8.02. The van der Waals surface area contributed by atoms with Crippen molar-refractivity contribution in [3.63, 3.8) is 0 Å². The Morgan fingerprint density at radius 3 is 2.52 bits per heavy atom. The number of cyclic esters (lactones) is 1. The SMILES string of the molecule is COC(=O)C1C=C(SC)C1C(=O)N1C(=O)OC(c2ccccc2)C1C. The molecule has 1 aromatic rings. The monoisotopic (exact) mass is 361 g/mol. The fraction of sp³-hybridized carbons (Fsp3) is 0.389. The number of imide groups is 1. The maximum Gasteiger partial charge on any atom is 0.417 e. The Labute approximate surface area is 150 Å². The molecule has 0 N–H and O–H groups in total. The molecule has 1 fully saturated rings. The van der Waals surface area contributed by atoms with Gasteiger partial charge in [-0.15, -0.1) is 11.8 Å². The third kappa shape index (κ3) is 2.93. The van der Waals surface area contributed by atoms with E-state index in [1.54, 1.807) is 13.0 Å². The van der Waals surface area contributed by atoms with Crippen LogP contribution in [0.4, 0.5) is 4.79 Å². The molecular formula is C18H19NO5S. The quantitative estimate of drug-likeness (QED) is 0.768. The van der Waals surface area contributed by atoms with Crippen LogP contribution in [0.2, 0.25) is 0 Å². The van der Waals surface area contributed by atoms with Crippen LogP contribution in [0.25, 0.3) is 0 Å². The number of thioether (sulfide) groups is 1. The summed E-state index contributed by atoms with van der Waals surface area (Å²) in [5, 5.41) is 0. The molecule has 1 aliphatic carbocycles. The summed E-state index contributed by atoms with van der Waals surface area (Å²) >= 11 is 1.39. The zero-order chi connectivity index (χ0) is 18.1. The van der Waals surface area contributed by atoms with Crippen molar-refractivity contribution in [2.75, 3.05) is 13.4 Å². The molecule has 1 heterocycles. The van der Waals surface area contributed by atoms with Gasteiger partial charge in [0.15, 0.2) is 0 Å². The topological polar surface area (TPSA) is 72.9 Å². The summed E-state index contributed by atoms with van der Waals surface area (Å²) in [6.45, 7) is 1.77. The van der Waals surface area contributed by atoms with Gasteiger partial charge in [0.05, 0.1) is 25.0 Å². The van der Waals surface area contributed by atoms with Crippen LogP contribution < -0.4 is 0 Å². The zero-order valence-corrected chi connectivity index (χ0v) is 15.0. The van der Waals surface area contributed by atoms with Crippen LogP contribution in [0.1, 0.15) is 18.6 Å². The number of amides is 2. The first-order chi connectivity index (χ1) is 12.0.